The molecular weight excluding hydrogens is 194 g/mol. The molecule has 2 saturated carbocycles. The number of hydrogen-bond donors (Lipinski definition) is 1. The molecule has 2 aliphatic rings. The summed E-state index contributed by atoms with van der Waals surface area (Å²) in [6.07, 6.45) is 12.7. The lowest BCUT2D eigenvalue weighted by Crippen LogP contribution is -2.28. The minimum atomic E-state index is 0.617. The predicted octanol–water partition coefficient (Wildman–Crippen LogP) is 3.90. The van der Waals surface area contributed by atoms with E-state index in [-0.39, 0.29) is 0 Å². The van der Waals surface area contributed by atoms with Crippen molar-refractivity contribution in [3.05, 3.63) is 11.6 Å². The van der Waals surface area contributed by atoms with Crippen LogP contribution in [0.3, 0.4) is 0 Å². The van der Waals surface area contributed by atoms with Gasteiger partial charge in [-0.1, -0.05) is 44.8 Å². The molecule has 1 N–H and O–H groups in total. The number of allylic oxidation sites excluding steroid dienone is 1. The third kappa shape index (κ3) is 3.93. The highest BCUT2D eigenvalue weighted by Gasteiger charge is 2.23. The van der Waals surface area contributed by atoms with Gasteiger partial charge in [-0.3, -0.25) is 0 Å². The second-order valence-electron chi connectivity index (χ2n) is 5.95. The smallest absolute Gasteiger partial charge is 0.0169 e. The molecule has 0 heterocycles. The van der Waals surface area contributed by atoms with E-state index in [0.29, 0.717) is 6.04 Å². The van der Waals surface area contributed by atoms with Gasteiger partial charge in [-0.25, -0.2) is 0 Å². The van der Waals surface area contributed by atoms with Crippen molar-refractivity contribution < 1.29 is 0 Å². The van der Waals surface area contributed by atoms with E-state index in [2.05, 4.69) is 25.2 Å². The average molecular weight is 221 g/mol. The molecule has 0 aromatic heterocycles. The lowest BCUT2D eigenvalue weighted by atomic mass is 9.83. The standard InChI is InChI=1S/C15H27N/c1-12(2)16-11-15(10-13-8-9-13)14-6-4-3-5-7-14/h10,12-14,16H,3-9,11H2,1-2H3. The first-order chi connectivity index (χ1) is 7.75. The Morgan fingerprint density at radius 2 is 1.81 bits per heavy atom. The van der Waals surface area contributed by atoms with Crippen molar-refractivity contribution in [3.8, 4) is 0 Å². The van der Waals surface area contributed by atoms with Crippen LogP contribution in [-0.2, 0) is 0 Å². The van der Waals surface area contributed by atoms with Crippen molar-refractivity contribution in [1.82, 2.24) is 5.32 Å². The van der Waals surface area contributed by atoms with Gasteiger partial charge in [0.15, 0.2) is 0 Å². The van der Waals surface area contributed by atoms with Gasteiger partial charge in [-0.05, 0) is 37.5 Å². The molecule has 0 bridgehead atoms. The first-order valence-corrected chi connectivity index (χ1v) is 7.19. The molecule has 0 atom stereocenters. The summed E-state index contributed by atoms with van der Waals surface area (Å²) in [4.78, 5) is 0. The van der Waals surface area contributed by atoms with E-state index in [1.54, 1.807) is 5.57 Å². The van der Waals surface area contributed by atoms with Gasteiger partial charge >= 0.3 is 0 Å². The Kier molecular flexibility index (Phi) is 4.45. The summed E-state index contributed by atoms with van der Waals surface area (Å²) >= 11 is 0. The van der Waals surface area contributed by atoms with E-state index < -0.39 is 0 Å². The zero-order valence-corrected chi connectivity index (χ0v) is 11.0. The summed E-state index contributed by atoms with van der Waals surface area (Å²) in [7, 11) is 0. The van der Waals surface area contributed by atoms with Gasteiger partial charge in [0.1, 0.15) is 0 Å². The third-order valence-electron chi connectivity index (χ3n) is 3.92. The van der Waals surface area contributed by atoms with Crippen LogP contribution in [-0.4, -0.2) is 12.6 Å². The molecule has 2 rings (SSSR count). The summed E-state index contributed by atoms with van der Waals surface area (Å²) in [5, 5.41) is 3.61. The fourth-order valence-electron chi connectivity index (χ4n) is 2.70. The first-order valence-electron chi connectivity index (χ1n) is 7.19. The zero-order chi connectivity index (χ0) is 11.4. The molecular formula is C15H27N. The fourth-order valence-corrected chi connectivity index (χ4v) is 2.70. The zero-order valence-electron chi connectivity index (χ0n) is 11.0. The van der Waals surface area contributed by atoms with Gasteiger partial charge in [0, 0.05) is 12.6 Å². The molecule has 0 unspecified atom stereocenters. The molecule has 16 heavy (non-hydrogen) atoms. The van der Waals surface area contributed by atoms with Gasteiger partial charge in [-0.2, -0.15) is 0 Å². The molecule has 0 aliphatic heterocycles. The Labute approximate surface area is 101 Å². The molecule has 0 aromatic rings. The van der Waals surface area contributed by atoms with Crippen LogP contribution in [0, 0.1) is 11.8 Å². The van der Waals surface area contributed by atoms with E-state index in [1.807, 2.05) is 0 Å². The molecule has 0 aromatic carbocycles. The van der Waals surface area contributed by atoms with Crippen molar-refractivity contribution in [1.29, 1.82) is 0 Å². The van der Waals surface area contributed by atoms with Crippen LogP contribution >= 0.6 is 0 Å². The predicted molar refractivity (Wildman–Crippen MR) is 70.5 cm³/mol. The lowest BCUT2D eigenvalue weighted by molar-refractivity contribution is 0.391. The largest absolute Gasteiger partial charge is 0.311 e. The van der Waals surface area contributed by atoms with Gasteiger partial charge < -0.3 is 5.32 Å². The summed E-state index contributed by atoms with van der Waals surface area (Å²) in [6, 6.07) is 0.617. The highest BCUT2D eigenvalue weighted by atomic mass is 14.9. The van der Waals surface area contributed by atoms with Crippen LogP contribution in [0.4, 0.5) is 0 Å². The van der Waals surface area contributed by atoms with Crippen molar-refractivity contribution in [2.45, 2.75) is 64.8 Å². The summed E-state index contributed by atoms with van der Waals surface area (Å²) < 4.78 is 0. The second-order valence-corrected chi connectivity index (χ2v) is 5.95. The van der Waals surface area contributed by atoms with E-state index in [9.17, 15) is 0 Å². The van der Waals surface area contributed by atoms with Crippen LogP contribution in [0.5, 0.6) is 0 Å². The lowest BCUT2D eigenvalue weighted by Gasteiger charge is -2.25. The van der Waals surface area contributed by atoms with Gasteiger partial charge in [0.05, 0.1) is 0 Å². The maximum Gasteiger partial charge on any atom is 0.0169 e. The second kappa shape index (κ2) is 5.86. The SMILES string of the molecule is CC(C)NCC(=CC1CC1)C1CCCCC1. The summed E-state index contributed by atoms with van der Waals surface area (Å²) in [6.45, 7) is 5.63. The van der Waals surface area contributed by atoms with Gasteiger partial charge in [0.25, 0.3) is 0 Å². The number of rotatable bonds is 5. The highest BCUT2D eigenvalue weighted by Crippen LogP contribution is 2.36. The van der Waals surface area contributed by atoms with Crippen molar-refractivity contribution in [2.75, 3.05) is 6.54 Å². The summed E-state index contributed by atoms with van der Waals surface area (Å²) in [5.74, 6) is 1.84. The average Bonchev–Trinajstić information content (AvgIpc) is 3.09. The quantitative estimate of drug-likeness (QED) is 0.694. The van der Waals surface area contributed by atoms with Crippen molar-refractivity contribution in [2.24, 2.45) is 11.8 Å². The van der Waals surface area contributed by atoms with Crippen LogP contribution in [0.25, 0.3) is 0 Å². The molecule has 0 saturated heterocycles. The Morgan fingerprint density at radius 1 is 1.12 bits per heavy atom. The van der Waals surface area contributed by atoms with E-state index in [0.717, 1.165) is 18.4 Å². The monoisotopic (exact) mass is 221 g/mol. The van der Waals surface area contributed by atoms with E-state index >= 15 is 0 Å². The van der Waals surface area contributed by atoms with Gasteiger partial charge in [-0.15, -0.1) is 0 Å². The van der Waals surface area contributed by atoms with Crippen LogP contribution in [0.2, 0.25) is 0 Å². The molecule has 2 fully saturated rings. The Balaban J connectivity index is 1.90. The first kappa shape index (κ1) is 12.2. The molecule has 1 heteroatoms. The minimum Gasteiger partial charge on any atom is -0.311 e. The summed E-state index contributed by atoms with van der Waals surface area (Å²) in [5.41, 5.74) is 1.73. The van der Waals surface area contributed by atoms with Gasteiger partial charge in [0.2, 0.25) is 0 Å². The Morgan fingerprint density at radius 3 is 2.38 bits per heavy atom. The Hall–Kier alpha value is -0.300. The maximum atomic E-state index is 3.61. The van der Waals surface area contributed by atoms with Crippen LogP contribution in [0.1, 0.15) is 58.8 Å². The minimum absolute atomic E-state index is 0.617. The van der Waals surface area contributed by atoms with E-state index in [1.165, 1.54) is 44.9 Å². The molecule has 2 aliphatic carbocycles. The third-order valence-corrected chi connectivity index (χ3v) is 3.92. The molecule has 1 nitrogen and oxygen atoms in total. The van der Waals surface area contributed by atoms with Crippen molar-refractivity contribution in [3.63, 3.8) is 0 Å². The maximum absolute atomic E-state index is 3.61. The fraction of sp³-hybridized carbons (Fsp3) is 0.867. The molecule has 92 valence electrons. The number of nitrogens with one attached hydrogen (secondary N) is 1. The number of hydrogen-bond acceptors (Lipinski definition) is 1. The van der Waals surface area contributed by atoms with E-state index in [4.69, 9.17) is 0 Å². The van der Waals surface area contributed by atoms with Crippen LogP contribution in [0.15, 0.2) is 11.6 Å². The normalized spacial score (nSPS) is 24.1. The molecule has 0 amide bonds. The van der Waals surface area contributed by atoms with Crippen LogP contribution < -0.4 is 5.32 Å². The van der Waals surface area contributed by atoms with Crippen molar-refractivity contribution >= 4 is 0 Å². The Bertz CT molecular complexity index is 232. The highest BCUT2D eigenvalue weighted by molar-refractivity contribution is 5.14. The topological polar surface area (TPSA) is 12.0 Å². The molecule has 0 spiro atoms. The molecule has 0 radical (unpaired) electrons.